The van der Waals surface area contributed by atoms with Gasteiger partial charge >= 0.3 is 5.97 Å². The minimum Gasteiger partial charge on any atom is -0.478 e. The molecule has 0 aliphatic rings. The summed E-state index contributed by atoms with van der Waals surface area (Å²) in [5, 5.41) is 10.4. The number of aromatic carboxylic acids is 1. The normalized spacial score (nSPS) is 10.9. The highest BCUT2D eigenvalue weighted by molar-refractivity contribution is 6.42. The van der Waals surface area contributed by atoms with Crippen molar-refractivity contribution in [2.75, 3.05) is 0 Å². The van der Waals surface area contributed by atoms with E-state index in [-0.39, 0.29) is 5.56 Å². The number of carboxylic acid groups (broad SMARTS) is 1. The molecule has 3 nitrogen and oxygen atoms in total. The number of hydrogen-bond donors (Lipinski definition) is 1. The van der Waals surface area contributed by atoms with E-state index in [2.05, 4.69) is 6.07 Å². The molecule has 0 radical (unpaired) electrons. The van der Waals surface area contributed by atoms with Crippen molar-refractivity contribution in [3.63, 3.8) is 0 Å². The second-order valence-corrected chi connectivity index (χ2v) is 6.88. The van der Waals surface area contributed by atoms with Crippen LogP contribution in [0.4, 0.5) is 0 Å². The molecular weight excluding hydrogens is 357 g/mol. The predicted molar refractivity (Wildman–Crippen MR) is 102 cm³/mol. The molecule has 0 aliphatic heterocycles. The average Bonchev–Trinajstić information content (AvgIpc) is 2.90. The molecular formula is C20H17Cl2NO2. The summed E-state index contributed by atoms with van der Waals surface area (Å²) in [5.41, 5.74) is 5.76. The quantitative estimate of drug-likeness (QED) is 0.604. The van der Waals surface area contributed by atoms with Crippen molar-refractivity contribution in [1.82, 2.24) is 4.57 Å². The Balaban J connectivity index is 2.30. The van der Waals surface area contributed by atoms with Crippen LogP contribution in [-0.4, -0.2) is 15.6 Å². The summed E-state index contributed by atoms with van der Waals surface area (Å²) in [5.74, 6) is -0.957. The lowest BCUT2D eigenvalue weighted by atomic mass is 10.0. The first-order valence-electron chi connectivity index (χ1n) is 7.78. The number of rotatable bonds is 3. The van der Waals surface area contributed by atoms with Gasteiger partial charge in [-0.05, 0) is 67.8 Å². The lowest BCUT2D eigenvalue weighted by Gasteiger charge is -2.14. The Labute approximate surface area is 156 Å². The first kappa shape index (κ1) is 17.6. The van der Waals surface area contributed by atoms with E-state index in [1.165, 1.54) is 5.56 Å². The Kier molecular flexibility index (Phi) is 4.63. The topological polar surface area (TPSA) is 42.2 Å². The molecule has 1 heterocycles. The minimum absolute atomic E-state index is 0.263. The van der Waals surface area contributed by atoms with Gasteiger partial charge in [0.25, 0.3) is 0 Å². The monoisotopic (exact) mass is 373 g/mol. The second kappa shape index (κ2) is 6.58. The Morgan fingerprint density at radius 2 is 1.64 bits per heavy atom. The second-order valence-electron chi connectivity index (χ2n) is 6.07. The third-order valence-corrected chi connectivity index (χ3v) is 5.18. The summed E-state index contributed by atoms with van der Waals surface area (Å²) >= 11 is 12.2. The maximum Gasteiger partial charge on any atom is 0.337 e. The van der Waals surface area contributed by atoms with Crippen LogP contribution in [0, 0.1) is 20.8 Å². The SMILES string of the molecule is Cc1ccc(-c2cc(C(=O)O)c(C)n2-c2ccc(Cl)c(Cl)c2)cc1C. The van der Waals surface area contributed by atoms with Gasteiger partial charge in [0, 0.05) is 11.4 Å². The lowest BCUT2D eigenvalue weighted by Crippen LogP contribution is -2.02. The van der Waals surface area contributed by atoms with Crippen LogP contribution >= 0.6 is 23.2 Å². The maximum absolute atomic E-state index is 11.6. The number of hydrogen-bond acceptors (Lipinski definition) is 1. The van der Waals surface area contributed by atoms with Crippen molar-refractivity contribution in [3.8, 4) is 16.9 Å². The molecule has 0 fully saturated rings. The van der Waals surface area contributed by atoms with Gasteiger partial charge in [0.05, 0.1) is 21.3 Å². The molecule has 1 N–H and O–H groups in total. The summed E-state index contributed by atoms with van der Waals surface area (Å²) in [4.78, 5) is 11.6. The zero-order valence-electron chi connectivity index (χ0n) is 14.1. The lowest BCUT2D eigenvalue weighted by molar-refractivity contribution is 0.0696. The van der Waals surface area contributed by atoms with Crippen LogP contribution in [0.25, 0.3) is 16.9 Å². The Bertz CT molecular complexity index is 990. The van der Waals surface area contributed by atoms with Gasteiger partial charge in [0.1, 0.15) is 0 Å². The average molecular weight is 374 g/mol. The summed E-state index contributed by atoms with van der Waals surface area (Å²) < 4.78 is 1.90. The maximum atomic E-state index is 11.6. The van der Waals surface area contributed by atoms with Crippen LogP contribution in [0.2, 0.25) is 10.0 Å². The van der Waals surface area contributed by atoms with Gasteiger partial charge in [-0.15, -0.1) is 0 Å². The van der Waals surface area contributed by atoms with Crippen LogP contribution in [0.5, 0.6) is 0 Å². The minimum atomic E-state index is -0.957. The molecule has 3 aromatic rings. The highest BCUT2D eigenvalue weighted by atomic mass is 35.5. The third-order valence-electron chi connectivity index (χ3n) is 4.44. The molecule has 1 aromatic heterocycles. The van der Waals surface area contributed by atoms with Gasteiger partial charge in [0.2, 0.25) is 0 Å². The predicted octanol–water partition coefficient (Wildman–Crippen LogP) is 6.07. The molecule has 0 amide bonds. The van der Waals surface area contributed by atoms with E-state index in [1.54, 1.807) is 25.1 Å². The van der Waals surface area contributed by atoms with Gasteiger partial charge in [-0.3, -0.25) is 0 Å². The van der Waals surface area contributed by atoms with Crippen molar-refractivity contribution >= 4 is 29.2 Å². The summed E-state index contributed by atoms with van der Waals surface area (Å²) in [6.45, 7) is 5.87. The van der Waals surface area contributed by atoms with Crippen molar-refractivity contribution in [1.29, 1.82) is 0 Å². The van der Waals surface area contributed by atoms with Crippen LogP contribution in [0.15, 0.2) is 42.5 Å². The Morgan fingerprint density at radius 1 is 0.920 bits per heavy atom. The van der Waals surface area contributed by atoms with E-state index in [1.807, 2.05) is 36.6 Å². The van der Waals surface area contributed by atoms with Crippen molar-refractivity contribution in [2.24, 2.45) is 0 Å². The molecule has 0 bridgehead atoms. The number of benzene rings is 2. The van der Waals surface area contributed by atoms with Gasteiger partial charge in [-0.1, -0.05) is 35.3 Å². The number of halogens is 2. The zero-order chi connectivity index (χ0) is 18.3. The fraction of sp³-hybridized carbons (Fsp3) is 0.150. The van der Waals surface area contributed by atoms with Crippen LogP contribution < -0.4 is 0 Å². The highest BCUT2D eigenvalue weighted by Crippen LogP contribution is 2.33. The fourth-order valence-corrected chi connectivity index (χ4v) is 3.19. The molecule has 0 saturated carbocycles. The van der Waals surface area contributed by atoms with E-state index >= 15 is 0 Å². The van der Waals surface area contributed by atoms with E-state index in [9.17, 15) is 9.90 Å². The summed E-state index contributed by atoms with van der Waals surface area (Å²) in [6.07, 6.45) is 0. The molecule has 0 saturated heterocycles. The van der Waals surface area contributed by atoms with E-state index in [0.717, 1.165) is 22.5 Å². The summed E-state index contributed by atoms with van der Waals surface area (Å²) in [7, 11) is 0. The van der Waals surface area contributed by atoms with Crippen molar-refractivity contribution < 1.29 is 9.90 Å². The van der Waals surface area contributed by atoms with Gasteiger partial charge < -0.3 is 9.67 Å². The molecule has 0 atom stereocenters. The van der Waals surface area contributed by atoms with Gasteiger partial charge in [0.15, 0.2) is 0 Å². The van der Waals surface area contributed by atoms with E-state index < -0.39 is 5.97 Å². The number of aryl methyl sites for hydroxylation is 2. The number of carboxylic acids is 1. The molecule has 0 spiro atoms. The number of carbonyl (C=O) groups is 1. The Hall–Kier alpha value is -2.23. The van der Waals surface area contributed by atoms with Crippen LogP contribution in [0.3, 0.4) is 0 Å². The molecule has 0 unspecified atom stereocenters. The van der Waals surface area contributed by atoms with E-state index in [4.69, 9.17) is 23.2 Å². The largest absolute Gasteiger partial charge is 0.478 e. The number of nitrogens with zero attached hydrogens (tertiary/aromatic N) is 1. The van der Waals surface area contributed by atoms with Crippen LogP contribution in [-0.2, 0) is 0 Å². The van der Waals surface area contributed by atoms with Gasteiger partial charge in [-0.25, -0.2) is 4.79 Å². The zero-order valence-corrected chi connectivity index (χ0v) is 15.6. The fourth-order valence-electron chi connectivity index (χ4n) is 2.89. The number of aromatic nitrogens is 1. The standard InChI is InChI=1S/C20H17Cl2NO2/c1-11-4-5-14(8-12(11)2)19-10-16(20(24)25)13(3)23(19)15-6-7-17(21)18(22)9-15/h4-10H,1-3H3,(H,24,25). The van der Waals surface area contributed by atoms with Gasteiger partial charge in [-0.2, -0.15) is 0 Å². The molecule has 5 heteroatoms. The first-order chi connectivity index (χ1) is 11.8. The molecule has 2 aromatic carbocycles. The van der Waals surface area contributed by atoms with E-state index in [0.29, 0.717) is 15.7 Å². The Morgan fingerprint density at radius 3 is 2.24 bits per heavy atom. The van der Waals surface area contributed by atoms with Crippen molar-refractivity contribution in [2.45, 2.75) is 20.8 Å². The molecule has 25 heavy (non-hydrogen) atoms. The van der Waals surface area contributed by atoms with Crippen LogP contribution in [0.1, 0.15) is 27.2 Å². The molecule has 0 aliphatic carbocycles. The first-order valence-corrected chi connectivity index (χ1v) is 8.54. The highest BCUT2D eigenvalue weighted by Gasteiger charge is 2.19. The molecule has 128 valence electrons. The molecule has 3 rings (SSSR count). The smallest absolute Gasteiger partial charge is 0.337 e. The van der Waals surface area contributed by atoms with Crippen molar-refractivity contribution in [3.05, 3.63) is 74.9 Å². The summed E-state index contributed by atoms with van der Waals surface area (Å²) in [6, 6.07) is 13.1. The third kappa shape index (κ3) is 3.17.